The molecule has 0 radical (unpaired) electrons. The van der Waals surface area contributed by atoms with Gasteiger partial charge in [-0.1, -0.05) is 91.0 Å². The van der Waals surface area contributed by atoms with Crippen LogP contribution >= 0.6 is 0 Å². The Hall–Kier alpha value is -5.12. The summed E-state index contributed by atoms with van der Waals surface area (Å²) in [7, 11) is 0. The SMILES string of the molecule is CC(NC(=O)[C@@H](CC(=O)Cc1ccccc1)Cc1ccccc1)C(=O)C(=O)N[C@@H](Cc1ccccc1)C(=O)N1CCC[C@H]1C(=O)O. The molecule has 46 heavy (non-hydrogen) atoms. The Balaban J connectivity index is 1.44. The van der Waals surface area contributed by atoms with Crippen molar-refractivity contribution in [3.05, 3.63) is 108 Å². The van der Waals surface area contributed by atoms with E-state index in [1.165, 1.54) is 11.8 Å². The molecule has 1 heterocycles. The summed E-state index contributed by atoms with van der Waals surface area (Å²) in [5, 5.41) is 14.7. The molecule has 0 aromatic heterocycles. The molecular weight excluding hydrogens is 586 g/mol. The molecule has 1 aliphatic rings. The van der Waals surface area contributed by atoms with Gasteiger partial charge in [0.2, 0.25) is 17.6 Å². The molecular formula is C36H39N3O7. The van der Waals surface area contributed by atoms with Gasteiger partial charge in [-0.15, -0.1) is 0 Å². The van der Waals surface area contributed by atoms with Crippen LogP contribution in [0.2, 0.25) is 0 Å². The van der Waals surface area contributed by atoms with Crippen LogP contribution in [0.4, 0.5) is 0 Å². The van der Waals surface area contributed by atoms with Crippen molar-refractivity contribution in [2.75, 3.05) is 6.54 Å². The fourth-order valence-corrected chi connectivity index (χ4v) is 5.69. The van der Waals surface area contributed by atoms with Crippen molar-refractivity contribution in [2.24, 2.45) is 5.92 Å². The number of rotatable bonds is 15. The second kappa shape index (κ2) is 16.3. The number of carbonyl (C=O) groups is 6. The van der Waals surface area contributed by atoms with E-state index in [9.17, 15) is 33.9 Å². The molecule has 1 aliphatic heterocycles. The average Bonchev–Trinajstić information content (AvgIpc) is 3.55. The highest BCUT2D eigenvalue weighted by Gasteiger charge is 2.38. The van der Waals surface area contributed by atoms with Gasteiger partial charge in [-0.3, -0.25) is 24.0 Å². The number of carboxylic acid groups (broad SMARTS) is 1. The maximum absolute atomic E-state index is 13.5. The fourth-order valence-electron chi connectivity index (χ4n) is 5.69. The van der Waals surface area contributed by atoms with E-state index in [2.05, 4.69) is 10.6 Å². The third kappa shape index (κ3) is 9.44. The average molecular weight is 626 g/mol. The number of nitrogens with zero attached hydrogens (tertiary/aromatic N) is 1. The number of carboxylic acids is 1. The number of Topliss-reactive ketones (excluding diaryl/α,β-unsaturated/α-hetero) is 2. The molecule has 4 atom stereocenters. The molecule has 0 bridgehead atoms. The van der Waals surface area contributed by atoms with E-state index in [1.807, 2.05) is 60.7 Å². The van der Waals surface area contributed by atoms with E-state index in [0.29, 0.717) is 18.4 Å². The minimum atomic E-state index is -1.25. The van der Waals surface area contributed by atoms with Gasteiger partial charge in [0, 0.05) is 31.7 Å². The van der Waals surface area contributed by atoms with Crippen molar-refractivity contribution in [2.45, 2.75) is 63.6 Å². The van der Waals surface area contributed by atoms with Gasteiger partial charge in [0.25, 0.3) is 5.91 Å². The zero-order valence-electron chi connectivity index (χ0n) is 25.8. The van der Waals surface area contributed by atoms with Gasteiger partial charge in [0.05, 0.1) is 6.04 Å². The number of likely N-dealkylation sites (tertiary alicyclic amines) is 1. The van der Waals surface area contributed by atoms with Crippen LogP contribution in [0, 0.1) is 5.92 Å². The summed E-state index contributed by atoms with van der Waals surface area (Å²) in [5.74, 6) is -5.23. The molecule has 3 amide bonds. The fraction of sp³-hybridized carbons (Fsp3) is 0.333. The molecule has 0 spiro atoms. The van der Waals surface area contributed by atoms with Crippen LogP contribution in [0.3, 0.4) is 0 Å². The maximum Gasteiger partial charge on any atom is 0.326 e. The van der Waals surface area contributed by atoms with E-state index in [4.69, 9.17) is 0 Å². The van der Waals surface area contributed by atoms with Gasteiger partial charge in [-0.2, -0.15) is 0 Å². The minimum absolute atomic E-state index is 0.0466. The zero-order chi connectivity index (χ0) is 33.1. The van der Waals surface area contributed by atoms with Gasteiger partial charge in [-0.05, 0) is 42.9 Å². The molecule has 1 unspecified atom stereocenters. The molecule has 3 aromatic carbocycles. The smallest absolute Gasteiger partial charge is 0.326 e. The summed E-state index contributed by atoms with van der Waals surface area (Å²) < 4.78 is 0. The number of amides is 3. The first kappa shape index (κ1) is 33.8. The number of benzene rings is 3. The summed E-state index contributed by atoms with van der Waals surface area (Å²) in [6.45, 7) is 1.60. The van der Waals surface area contributed by atoms with Crippen LogP contribution < -0.4 is 10.6 Å². The van der Waals surface area contributed by atoms with Crippen LogP contribution in [0.25, 0.3) is 0 Å². The Labute approximate surface area is 268 Å². The number of hydrogen-bond acceptors (Lipinski definition) is 6. The third-order valence-electron chi connectivity index (χ3n) is 8.10. The van der Waals surface area contributed by atoms with Crippen LogP contribution in [-0.4, -0.2) is 69.9 Å². The topological polar surface area (TPSA) is 150 Å². The lowest BCUT2D eigenvalue weighted by Gasteiger charge is -2.27. The highest BCUT2D eigenvalue weighted by atomic mass is 16.4. The van der Waals surface area contributed by atoms with Crippen molar-refractivity contribution in [1.82, 2.24) is 15.5 Å². The molecule has 3 N–H and O–H groups in total. The summed E-state index contributed by atoms with van der Waals surface area (Å²) in [6, 6.07) is 23.8. The Morgan fingerprint density at radius 2 is 1.33 bits per heavy atom. The van der Waals surface area contributed by atoms with Gasteiger partial charge in [0.15, 0.2) is 0 Å². The first-order valence-electron chi connectivity index (χ1n) is 15.4. The monoisotopic (exact) mass is 625 g/mol. The molecule has 1 fully saturated rings. The molecule has 10 nitrogen and oxygen atoms in total. The lowest BCUT2D eigenvalue weighted by atomic mass is 9.91. The van der Waals surface area contributed by atoms with Crippen molar-refractivity contribution < 1.29 is 33.9 Å². The van der Waals surface area contributed by atoms with Crippen LogP contribution in [-0.2, 0) is 48.0 Å². The van der Waals surface area contributed by atoms with Crippen LogP contribution in [0.15, 0.2) is 91.0 Å². The van der Waals surface area contributed by atoms with E-state index in [0.717, 1.165) is 11.1 Å². The highest BCUT2D eigenvalue weighted by Crippen LogP contribution is 2.20. The lowest BCUT2D eigenvalue weighted by Crippen LogP contribution is -2.55. The number of ketones is 2. The van der Waals surface area contributed by atoms with Crippen molar-refractivity contribution in [3.8, 4) is 0 Å². The summed E-state index contributed by atoms with van der Waals surface area (Å²) in [4.78, 5) is 79.3. The van der Waals surface area contributed by atoms with Crippen molar-refractivity contribution in [3.63, 3.8) is 0 Å². The van der Waals surface area contributed by atoms with E-state index < -0.39 is 53.5 Å². The quantitative estimate of drug-likeness (QED) is 0.220. The first-order valence-corrected chi connectivity index (χ1v) is 15.4. The van der Waals surface area contributed by atoms with Gasteiger partial charge < -0.3 is 20.6 Å². The van der Waals surface area contributed by atoms with Crippen LogP contribution in [0.5, 0.6) is 0 Å². The normalized spacial score (nSPS) is 16.1. The van der Waals surface area contributed by atoms with Crippen molar-refractivity contribution in [1.29, 1.82) is 0 Å². The first-order chi connectivity index (χ1) is 22.1. The van der Waals surface area contributed by atoms with Gasteiger partial charge in [-0.25, -0.2) is 4.79 Å². The molecule has 10 heteroatoms. The summed E-state index contributed by atoms with van der Waals surface area (Å²) in [5.41, 5.74) is 2.38. The number of carbonyl (C=O) groups excluding carboxylic acids is 5. The van der Waals surface area contributed by atoms with E-state index in [1.54, 1.807) is 30.3 Å². The summed E-state index contributed by atoms with van der Waals surface area (Å²) >= 11 is 0. The molecule has 0 aliphatic carbocycles. The van der Waals surface area contributed by atoms with Gasteiger partial charge >= 0.3 is 5.97 Å². The minimum Gasteiger partial charge on any atom is -0.480 e. The van der Waals surface area contributed by atoms with Crippen LogP contribution in [0.1, 0.15) is 42.9 Å². The summed E-state index contributed by atoms with van der Waals surface area (Å²) in [6.07, 6.45) is 1.21. The second-order valence-corrected chi connectivity index (χ2v) is 11.6. The molecule has 1 saturated heterocycles. The maximum atomic E-state index is 13.5. The number of hydrogen-bond donors (Lipinski definition) is 3. The predicted octanol–water partition coefficient (Wildman–Crippen LogP) is 2.92. The Morgan fingerprint density at radius 3 is 1.89 bits per heavy atom. The Kier molecular flexibility index (Phi) is 11.9. The highest BCUT2D eigenvalue weighted by molar-refractivity contribution is 6.38. The molecule has 4 rings (SSSR count). The Morgan fingerprint density at radius 1 is 0.783 bits per heavy atom. The predicted molar refractivity (Wildman–Crippen MR) is 170 cm³/mol. The Bertz CT molecular complexity index is 1530. The molecule has 240 valence electrons. The van der Waals surface area contributed by atoms with Gasteiger partial charge in [0.1, 0.15) is 17.9 Å². The largest absolute Gasteiger partial charge is 0.480 e. The third-order valence-corrected chi connectivity index (χ3v) is 8.10. The standard InChI is InChI=1S/C36H39N3O7/c1-24(37-33(42)28(20-25-12-5-2-6-13-25)23-29(40)21-26-14-7-3-8-15-26)32(41)34(43)38-30(22-27-16-9-4-10-17-27)35(44)39-19-11-18-31(39)36(45)46/h2-10,12-17,24,28,30-31H,11,18-23H2,1H3,(H,37,42)(H,38,43)(H,45,46)/t24?,28-,30+,31+/m1/s1. The van der Waals surface area contributed by atoms with E-state index in [-0.39, 0.29) is 38.0 Å². The van der Waals surface area contributed by atoms with E-state index >= 15 is 0 Å². The zero-order valence-corrected chi connectivity index (χ0v) is 25.8. The second-order valence-electron chi connectivity index (χ2n) is 11.6. The lowest BCUT2D eigenvalue weighted by molar-refractivity contribution is -0.150. The molecule has 3 aromatic rings. The molecule has 0 saturated carbocycles. The number of nitrogens with one attached hydrogen (secondary N) is 2. The van der Waals surface area contributed by atoms with Crippen molar-refractivity contribution >= 4 is 35.3 Å². The number of aliphatic carboxylic acids is 1.